The van der Waals surface area contributed by atoms with Gasteiger partial charge in [0.2, 0.25) is 0 Å². The van der Waals surface area contributed by atoms with E-state index in [4.69, 9.17) is 28.0 Å². The maximum Gasteiger partial charge on any atom is 3.00 e. The molecule has 0 bridgehead atoms. The predicted octanol–water partition coefficient (Wildman–Crippen LogP) is 0.736. The Morgan fingerprint density at radius 1 is 1.00 bits per heavy atom. The van der Waals surface area contributed by atoms with Crippen molar-refractivity contribution in [2.45, 2.75) is 5.32 Å². The molecule has 0 fully saturated rings. The van der Waals surface area contributed by atoms with Crippen LogP contribution in [-0.2, 0) is 21.6 Å². The SMILES string of the molecule is O=C([OH2+])C[SeH+].[Co+3].[NH-]CC[NH-].[NH-]CC[NH-]. The number of hydrogen-bond acceptors (Lipinski definition) is 1. The third kappa shape index (κ3) is 84.3. The first kappa shape index (κ1) is 23.9. The van der Waals surface area contributed by atoms with Crippen molar-refractivity contribution in [2.24, 2.45) is 0 Å². The molecule has 6 N–H and O–H groups in total. The maximum atomic E-state index is 9.46. The topological polar surface area (TPSA) is 135 Å². The normalized spacial score (nSPS) is 6.93. The van der Waals surface area contributed by atoms with Crippen LogP contribution in [0.1, 0.15) is 0 Å². The molecule has 0 heterocycles. The molecule has 0 saturated heterocycles. The monoisotopic (exact) mass is 316 g/mol. The largest absolute Gasteiger partial charge is 3.00 e. The number of rotatable bonds is 3. The van der Waals surface area contributed by atoms with E-state index in [1.54, 1.807) is 0 Å². The zero-order valence-electron chi connectivity index (χ0n) is 7.72. The van der Waals surface area contributed by atoms with Crippen molar-refractivity contribution in [3.63, 3.8) is 0 Å². The molecule has 0 aliphatic rings. The van der Waals surface area contributed by atoms with Gasteiger partial charge in [-0.2, -0.15) is 26.2 Å². The first-order valence-electron chi connectivity index (χ1n) is 3.54. The third-order valence-electron chi connectivity index (χ3n) is 0.394. The first-order valence-corrected chi connectivity index (χ1v) is 4.87. The predicted molar refractivity (Wildman–Crippen MR) is 57.3 cm³/mol. The van der Waals surface area contributed by atoms with Crippen LogP contribution in [0.25, 0.3) is 22.9 Å². The zero-order valence-corrected chi connectivity index (χ0v) is 10.6. The van der Waals surface area contributed by atoms with Crippen LogP contribution in [-0.4, -0.2) is 53.3 Å². The van der Waals surface area contributed by atoms with Gasteiger partial charge in [0.15, 0.2) is 0 Å². The van der Waals surface area contributed by atoms with E-state index in [1.165, 1.54) is 0 Å². The third-order valence-corrected chi connectivity index (χ3v) is 0.996. The van der Waals surface area contributed by atoms with Gasteiger partial charge in [-0.1, -0.05) is 0 Å². The summed E-state index contributed by atoms with van der Waals surface area (Å²) in [7, 11) is 0. The molecule has 0 amide bonds. The van der Waals surface area contributed by atoms with E-state index in [-0.39, 0.29) is 48.3 Å². The Bertz CT molecular complexity index is 91.9. The Kier molecular flexibility index (Phi) is 49.8. The molecule has 0 atom stereocenters. The molecule has 0 aliphatic carbocycles. The standard InChI is InChI=1S/2C2H6N2.C2H4O2Se.Co/c2*3-1-2-4;3-2(4)1-5;/h2*3-4H,1-2H2;5H,1H2,(H,3,4);/q2*-2;+1;+3/p+1. The average Bonchev–Trinajstić information content (AvgIpc) is 2.18. The summed E-state index contributed by atoms with van der Waals surface area (Å²) in [5.41, 5.74) is 25.1. The van der Waals surface area contributed by atoms with Crippen molar-refractivity contribution in [3.8, 4) is 0 Å². The molecule has 8 heteroatoms. The fraction of sp³-hybridized carbons (Fsp3) is 0.833. The minimum Gasteiger partial charge on any atom is -0.679 e. The van der Waals surface area contributed by atoms with E-state index in [0.29, 0.717) is 0 Å². The maximum absolute atomic E-state index is 9.46. The van der Waals surface area contributed by atoms with E-state index < -0.39 is 5.97 Å². The molecule has 0 rings (SSSR count). The summed E-state index contributed by atoms with van der Waals surface area (Å²) in [6, 6.07) is 0. The molecule has 0 spiro atoms. The van der Waals surface area contributed by atoms with Crippen LogP contribution in [0.15, 0.2) is 0 Å². The van der Waals surface area contributed by atoms with E-state index in [1.807, 2.05) is 16.0 Å². The fourth-order valence-corrected chi connectivity index (χ4v) is 0. The summed E-state index contributed by atoms with van der Waals surface area (Å²) in [5.74, 6) is -0.523. The van der Waals surface area contributed by atoms with Gasteiger partial charge in [0.25, 0.3) is 0 Å². The molecule has 1 radical (unpaired) electrons. The van der Waals surface area contributed by atoms with Crippen molar-refractivity contribution in [1.29, 1.82) is 0 Å². The van der Waals surface area contributed by atoms with Gasteiger partial charge >= 0.3 is 54.0 Å². The van der Waals surface area contributed by atoms with E-state index in [2.05, 4.69) is 0 Å². The Morgan fingerprint density at radius 3 is 1.14 bits per heavy atom. The van der Waals surface area contributed by atoms with Crippen LogP contribution in [0, 0.1) is 0 Å². The number of nitrogens with one attached hydrogen (secondary N) is 4. The van der Waals surface area contributed by atoms with Gasteiger partial charge in [0, 0.05) is 0 Å². The van der Waals surface area contributed by atoms with Gasteiger partial charge in [-0.15, -0.1) is 0 Å². The van der Waals surface area contributed by atoms with Crippen LogP contribution >= 0.6 is 0 Å². The van der Waals surface area contributed by atoms with Gasteiger partial charge < -0.3 is 22.9 Å². The Balaban J connectivity index is -0.0000000522. The van der Waals surface area contributed by atoms with Crippen molar-refractivity contribution >= 4 is 22.0 Å². The minimum atomic E-state index is -0.523. The van der Waals surface area contributed by atoms with E-state index >= 15 is 0 Å². The Labute approximate surface area is 103 Å². The fourth-order valence-electron chi connectivity index (χ4n) is 0. The molecule has 0 aromatic heterocycles. The Morgan fingerprint density at radius 2 is 1.14 bits per heavy atom. The zero-order chi connectivity index (χ0) is 11.1. The minimum absolute atomic E-state index is 0. The summed E-state index contributed by atoms with van der Waals surface area (Å²) in [4.78, 5) is 9.46. The van der Waals surface area contributed by atoms with Gasteiger partial charge in [0.1, 0.15) is 0 Å². The quantitative estimate of drug-likeness (QED) is 0.551. The van der Waals surface area contributed by atoms with Crippen LogP contribution in [0.2, 0.25) is 5.32 Å². The van der Waals surface area contributed by atoms with Gasteiger partial charge in [-0.25, -0.2) is 0 Å². The molecule has 0 unspecified atom stereocenters. The van der Waals surface area contributed by atoms with Crippen molar-refractivity contribution in [2.75, 3.05) is 26.2 Å². The molecule has 6 nitrogen and oxygen atoms in total. The summed E-state index contributed by atoms with van der Waals surface area (Å²) in [5, 5.41) is 6.44. The van der Waals surface area contributed by atoms with Gasteiger partial charge in [-0.3, -0.25) is 0 Å². The van der Waals surface area contributed by atoms with Crippen LogP contribution in [0.5, 0.6) is 0 Å². The molecular weight excluding hydrogens is 298 g/mol. The van der Waals surface area contributed by atoms with Crippen LogP contribution < -0.4 is 0 Å². The Hall–Kier alpha value is 0.336. The van der Waals surface area contributed by atoms with Crippen LogP contribution in [0.4, 0.5) is 0 Å². The molecule has 0 aromatic rings. The van der Waals surface area contributed by atoms with Crippen LogP contribution in [0.3, 0.4) is 0 Å². The van der Waals surface area contributed by atoms with E-state index in [0.717, 1.165) is 0 Å². The molecule has 0 aromatic carbocycles. The average molecular weight is 315 g/mol. The first-order chi connectivity index (χ1) is 6.10. The molecule has 14 heavy (non-hydrogen) atoms. The molecule has 0 aliphatic heterocycles. The molecular formula is C6H17CoN4O2Se+. The van der Waals surface area contributed by atoms with E-state index in [9.17, 15) is 4.79 Å². The smallest absolute Gasteiger partial charge is 0.679 e. The second-order valence-corrected chi connectivity index (χ2v) is 2.24. The summed E-state index contributed by atoms with van der Waals surface area (Å²) in [6.45, 7) is 0.944. The van der Waals surface area contributed by atoms with Crippen molar-refractivity contribution < 1.29 is 26.7 Å². The summed E-state index contributed by atoms with van der Waals surface area (Å²) in [6.07, 6.45) is 0. The van der Waals surface area contributed by atoms with Gasteiger partial charge in [-0.05, 0) is 0 Å². The number of carbonyl (C=O) groups excluding carboxylic acids is 1. The molecule has 87 valence electrons. The van der Waals surface area contributed by atoms with Gasteiger partial charge in [0.05, 0.1) is 0 Å². The number of carbonyl (C=O) groups is 1. The second kappa shape index (κ2) is 29.2. The summed E-state index contributed by atoms with van der Waals surface area (Å²) >= 11 is 2.03. The summed E-state index contributed by atoms with van der Waals surface area (Å²) < 4.78 is 0. The second-order valence-electron chi connectivity index (χ2n) is 1.58. The molecule has 0 saturated carbocycles. The van der Waals surface area contributed by atoms with Crippen molar-refractivity contribution in [3.05, 3.63) is 22.9 Å². The number of hydrogen-bond donors (Lipinski definition) is 0. The van der Waals surface area contributed by atoms with Crippen molar-refractivity contribution in [1.82, 2.24) is 0 Å².